The zero-order valence-corrected chi connectivity index (χ0v) is 20.5. The van der Waals surface area contributed by atoms with Crippen molar-refractivity contribution < 1.29 is 18.4 Å². The molecule has 1 aliphatic heterocycles. The van der Waals surface area contributed by atoms with Crippen molar-refractivity contribution in [2.24, 2.45) is 0 Å². The van der Waals surface area contributed by atoms with E-state index in [1.807, 2.05) is 0 Å². The molecule has 1 saturated heterocycles. The predicted molar refractivity (Wildman–Crippen MR) is 133 cm³/mol. The van der Waals surface area contributed by atoms with Crippen molar-refractivity contribution in [2.75, 3.05) is 18.4 Å². The Morgan fingerprint density at radius 2 is 1.71 bits per heavy atom. The number of halogens is 2. The van der Waals surface area contributed by atoms with E-state index in [0.29, 0.717) is 35.0 Å². The van der Waals surface area contributed by atoms with E-state index in [-0.39, 0.29) is 10.8 Å². The number of benzene rings is 2. The lowest BCUT2D eigenvalue weighted by Gasteiger charge is -2.39. The number of amides is 1. The molecule has 184 valence electrons. The Morgan fingerprint density at radius 1 is 1.06 bits per heavy atom. The summed E-state index contributed by atoms with van der Waals surface area (Å²) in [6.45, 7) is 5.90. The molecule has 0 radical (unpaired) electrons. The molecule has 0 saturated carbocycles. The van der Waals surface area contributed by atoms with Crippen molar-refractivity contribution in [3.63, 3.8) is 0 Å². The summed E-state index contributed by atoms with van der Waals surface area (Å²) in [5.41, 5.74) is 0.616. The number of hydrogen-bond donors (Lipinski definition) is 2. The average Bonchev–Trinajstić information content (AvgIpc) is 3.29. The molecule has 0 bridgehead atoms. The summed E-state index contributed by atoms with van der Waals surface area (Å²) in [4.78, 5) is 31.7. The lowest BCUT2D eigenvalue weighted by Crippen LogP contribution is -2.47. The molecule has 9 heteroatoms. The van der Waals surface area contributed by atoms with Gasteiger partial charge in [-0.25, -0.2) is 13.8 Å². The minimum Gasteiger partial charge on any atom is -0.351 e. The molecule has 1 fully saturated rings. The lowest BCUT2D eigenvalue weighted by molar-refractivity contribution is 0.0889. The molecular weight excluding hydrogens is 470 g/mol. The van der Waals surface area contributed by atoms with Crippen LogP contribution in [0.2, 0.25) is 0 Å². The molecule has 1 aliphatic rings. The summed E-state index contributed by atoms with van der Waals surface area (Å²) in [5.74, 6) is -2.71. The second-order valence-corrected chi connectivity index (χ2v) is 9.81. The van der Waals surface area contributed by atoms with Gasteiger partial charge in [-0.3, -0.25) is 14.5 Å². The molecule has 4 rings (SSSR count). The van der Waals surface area contributed by atoms with Crippen molar-refractivity contribution in [3.8, 4) is 0 Å². The van der Waals surface area contributed by atoms with Gasteiger partial charge in [0.2, 0.25) is 5.78 Å². The van der Waals surface area contributed by atoms with Crippen molar-refractivity contribution in [3.05, 3.63) is 76.3 Å². The highest BCUT2D eigenvalue weighted by Gasteiger charge is 2.24. The normalized spacial score (nSPS) is 18.3. The number of anilines is 2. The van der Waals surface area contributed by atoms with Crippen molar-refractivity contribution in [1.29, 1.82) is 0 Å². The van der Waals surface area contributed by atoms with Gasteiger partial charge in [0.25, 0.3) is 5.91 Å². The van der Waals surface area contributed by atoms with E-state index in [1.165, 1.54) is 31.5 Å². The maximum atomic E-state index is 13.9. The van der Waals surface area contributed by atoms with Crippen LogP contribution in [0.1, 0.15) is 58.7 Å². The van der Waals surface area contributed by atoms with E-state index in [4.69, 9.17) is 0 Å². The first kappa shape index (κ1) is 24.9. The highest BCUT2D eigenvalue weighted by molar-refractivity contribution is 7.17. The van der Waals surface area contributed by atoms with E-state index >= 15 is 0 Å². The van der Waals surface area contributed by atoms with Gasteiger partial charge >= 0.3 is 0 Å². The number of nitrogens with one attached hydrogen (secondary N) is 2. The van der Waals surface area contributed by atoms with Crippen LogP contribution in [0.15, 0.2) is 48.7 Å². The van der Waals surface area contributed by atoms with Gasteiger partial charge in [-0.1, -0.05) is 23.8 Å². The zero-order chi connectivity index (χ0) is 24.9. The molecule has 2 aromatic carbocycles. The minimum atomic E-state index is -0.910. The summed E-state index contributed by atoms with van der Waals surface area (Å²) in [5, 5.41) is 6.43. The van der Waals surface area contributed by atoms with E-state index in [0.717, 1.165) is 30.0 Å². The standard InChI is InChI=1S/C26H28F2N4O2S/c1-16-5-3-6-17(2)32(16)14-13-29-25(34)18-9-11-19(12-10-18)31-26-30-15-22(35-26)24(33)23-20(27)7-4-8-21(23)28/h4,7-12,15-17H,3,5-6,13-14H2,1-2H3,(H,29,34)(H,30,31). The maximum Gasteiger partial charge on any atom is 0.251 e. The monoisotopic (exact) mass is 498 g/mol. The first-order valence-electron chi connectivity index (χ1n) is 11.7. The third-order valence-electron chi connectivity index (χ3n) is 6.35. The molecule has 2 unspecified atom stereocenters. The largest absolute Gasteiger partial charge is 0.351 e. The van der Waals surface area contributed by atoms with Gasteiger partial charge in [0.1, 0.15) is 11.6 Å². The van der Waals surface area contributed by atoms with Gasteiger partial charge in [-0.2, -0.15) is 0 Å². The predicted octanol–water partition coefficient (Wildman–Crippen LogP) is 5.39. The van der Waals surface area contributed by atoms with Gasteiger partial charge in [0.15, 0.2) is 5.13 Å². The van der Waals surface area contributed by atoms with Crippen LogP contribution < -0.4 is 10.6 Å². The highest BCUT2D eigenvalue weighted by atomic mass is 32.1. The molecule has 2 heterocycles. The number of carbonyl (C=O) groups is 2. The summed E-state index contributed by atoms with van der Waals surface area (Å²) in [6, 6.07) is 11.3. The van der Waals surface area contributed by atoms with Crippen LogP contribution in [0, 0.1) is 11.6 Å². The van der Waals surface area contributed by atoms with Gasteiger partial charge in [-0.05, 0) is 63.1 Å². The Bertz CT molecular complexity index is 1170. The Balaban J connectivity index is 1.32. The molecule has 35 heavy (non-hydrogen) atoms. The Morgan fingerprint density at radius 3 is 2.37 bits per heavy atom. The second kappa shape index (κ2) is 11.0. The lowest BCUT2D eigenvalue weighted by atomic mass is 9.98. The van der Waals surface area contributed by atoms with Gasteiger partial charge in [0.05, 0.1) is 16.6 Å². The number of carbonyl (C=O) groups excluding carboxylic acids is 2. The number of ketones is 1. The molecule has 2 atom stereocenters. The second-order valence-electron chi connectivity index (χ2n) is 8.78. The van der Waals surface area contributed by atoms with E-state index in [2.05, 4.69) is 34.4 Å². The number of hydrogen-bond acceptors (Lipinski definition) is 6. The molecule has 2 N–H and O–H groups in total. The molecule has 0 aliphatic carbocycles. The van der Waals surface area contributed by atoms with Crippen LogP contribution in [-0.4, -0.2) is 46.7 Å². The maximum absolute atomic E-state index is 13.9. The Kier molecular flexibility index (Phi) is 7.87. The fraction of sp³-hybridized carbons (Fsp3) is 0.346. The molecule has 1 aromatic heterocycles. The van der Waals surface area contributed by atoms with Crippen LogP contribution in [-0.2, 0) is 0 Å². The third-order valence-corrected chi connectivity index (χ3v) is 7.26. The highest BCUT2D eigenvalue weighted by Crippen LogP contribution is 2.26. The minimum absolute atomic E-state index is 0.116. The topological polar surface area (TPSA) is 74.3 Å². The van der Waals surface area contributed by atoms with E-state index in [9.17, 15) is 18.4 Å². The summed E-state index contributed by atoms with van der Waals surface area (Å²) >= 11 is 0.994. The first-order valence-corrected chi connectivity index (χ1v) is 12.5. The molecule has 3 aromatic rings. The SMILES string of the molecule is CC1CCCC(C)N1CCNC(=O)c1ccc(Nc2ncc(C(=O)c3c(F)cccc3F)s2)cc1. The Labute approximate surface area is 207 Å². The van der Waals surface area contributed by atoms with Crippen molar-refractivity contribution >= 4 is 33.8 Å². The zero-order valence-electron chi connectivity index (χ0n) is 19.7. The molecule has 0 spiro atoms. The van der Waals surface area contributed by atoms with Gasteiger partial charge in [0, 0.05) is 36.4 Å². The molecule has 1 amide bonds. The van der Waals surface area contributed by atoms with Crippen LogP contribution in [0.25, 0.3) is 0 Å². The number of aromatic nitrogens is 1. The number of nitrogens with zero attached hydrogens (tertiary/aromatic N) is 2. The van der Waals surface area contributed by atoms with Crippen LogP contribution in [0.3, 0.4) is 0 Å². The summed E-state index contributed by atoms with van der Waals surface area (Å²) in [6.07, 6.45) is 4.93. The Hall–Kier alpha value is -3.17. The average molecular weight is 499 g/mol. The van der Waals surface area contributed by atoms with Gasteiger partial charge in [-0.15, -0.1) is 0 Å². The quantitative estimate of drug-likeness (QED) is 0.408. The third kappa shape index (κ3) is 5.91. The molecule has 6 nitrogen and oxygen atoms in total. The number of thiazole rings is 1. The number of piperidine rings is 1. The van der Waals surface area contributed by atoms with E-state index in [1.54, 1.807) is 24.3 Å². The van der Waals surface area contributed by atoms with Crippen molar-refractivity contribution in [2.45, 2.75) is 45.2 Å². The first-order chi connectivity index (χ1) is 16.8. The fourth-order valence-corrected chi connectivity index (χ4v) is 5.20. The number of rotatable bonds is 8. The summed E-state index contributed by atoms with van der Waals surface area (Å²) < 4.78 is 27.8. The van der Waals surface area contributed by atoms with Crippen LogP contribution in [0.4, 0.5) is 19.6 Å². The summed E-state index contributed by atoms with van der Waals surface area (Å²) in [7, 11) is 0. The van der Waals surface area contributed by atoms with Crippen LogP contribution >= 0.6 is 11.3 Å². The van der Waals surface area contributed by atoms with Crippen molar-refractivity contribution in [1.82, 2.24) is 15.2 Å². The van der Waals surface area contributed by atoms with E-state index < -0.39 is 23.0 Å². The van der Waals surface area contributed by atoms with Gasteiger partial charge < -0.3 is 10.6 Å². The number of likely N-dealkylation sites (tertiary alicyclic amines) is 1. The molecular formula is C26H28F2N4O2S. The smallest absolute Gasteiger partial charge is 0.251 e. The fourth-order valence-electron chi connectivity index (χ4n) is 4.42. The van der Waals surface area contributed by atoms with Crippen LogP contribution in [0.5, 0.6) is 0 Å².